The van der Waals surface area contributed by atoms with E-state index in [1.807, 2.05) is 24.3 Å². The summed E-state index contributed by atoms with van der Waals surface area (Å²) in [5, 5.41) is 3.42. The van der Waals surface area contributed by atoms with Crippen LogP contribution in [0.15, 0.2) is 48.5 Å². The Kier molecular flexibility index (Phi) is 2.35. The van der Waals surface area contributed by atoms with Gasteiger partial charge in [-0.25, -0.2) is 0 Å². The molecular formula is C14H13NO. The van der Waals surface area contributed by atoms with Gasteiger partial charge >= 0.3 is 0 Å². The van der Waals surface area contributed by atoms with Gasteiger partial charge in [0.05, 0.1) is 0 Å². The number of rotatable bonds is 0. The molecule has 4 aliphatic rings. The minimum Gasteiger partial charge on any atom is -0.457 e. The van der Waals surface area contributed by atoms with Gasteiger partial charge in [0.15, 0.2) is 0 Å². The second-order valence-electron chi connectivity index (χ2n) is 3.99. The Bertz CT molecular complexity index is 428. The molecule has 0 saturated heterocycles. The van der Waals surface area contributed by atoms with Gasteiger partial charge in [-0.05, 0) is 35.4 Å². The fourth-order valence-corrected chi connectivity index (χ4v) is 1.84. The van der Waals surface area contributed by atoms with Crippen molar-refractivity contribution in [1.29, 1.82) is 0 Å². The lowest BCUT2D eigenvalue weighted by molar-refractivity contribution is 0.481. The van der Waals surface area contributed by atoms with Crippen molar-refractivity contribution in [3.05, 3.63) is 59.7 Å². The van der Waals surface area contributed by atoms with Gasteiger partial charge in [0.2, 0.25) is 0 Å². The number of nitrogens with one attached hydrogen (secondary N) is 1. The van der Waals surface area contributed by atoms with Crippen molar-refractivity contribution in [3.63, 3.8) is 0 Å². The van der Waals surface area contributed by atoms with E-state index in [1.165, 1.54) is 11.1 Å². The van der Waals surface area contributed by atoms with Crippen molar-refractivity contribution in [2.45, 2.75) is 13.1 Å². The van der Waals surface area contributed by atoms with Crippen LogP contribution in [0.5, 0.6) is 11.5 Å². The van der Waals surface area contributed by atoms with Crippen LogP contribution >= 0.6 is 0 Å². The summed E-state index contributed by atoms with van der Waals surface area (Å²) in [5.41, 5.74) is 2.56. The molecule has 0 aromatic heterocycles. The Hall–Kier alpha value is -1.80. The van der Waals surface area contributed by atoms with Crippen LogP contribution in [0.2, 0.25) is 0 Å². The maximum Gasteiger partial charge on any atom is 0.127 e. The molecule has 0 amide bonds. The molecule has 80 valence electrons. The maximum absolute atomic E-state index is 5.74. The maximum atomic E-state index is 5.74. The molecule has 4 aliphatic heterocycles. The molecule has 2 nitrogen and oxygen atoms in total. The summed E-state index contributed by atoms with van der Waals surface area (Å²) in [6.45, 7) is 1.78. The van der Waals surface area contributed by atoms with E-state index in [0.717, 1.165) is 24.6 Å². The minimum atomic E-state index is 0.886. The zero-order chi connectivity index (χ0) is 10.8. The fourth-order valence-electron chi connectivity index (χ4n) is 1.84. The Morgan fingerprint density at radius 3 is 1.56 bits per heavy atom. The Morgan fingerprint density at radius 2 is 1.12 bits per heavy atom. The molecule has 0 radical (unpaired) electrons. The lowest BCUT2D eigenvalue weighted by Crippen LogP contribution is -2.12. The Labute approximate surface area is 94.9 Å². The SMILES string of the molecule is c1cc2ccc1CNCc1ccc(cc1)O2. The van der Waals surface area contributed by atoms with Crippen molar-refractivity contribution < 1.29 is 4.74 Å². The van der Waals surface area contributed by atoms with Gasteiger partial charge in [-0.2, -0.15) is 0 Å². The quantitative estimate of drug-likeness (QED) is 0.723. The van der Waals surface area contributed by atoms with Gasteiger partial charge < -0.3 is 10.1 Å². The van der Waals surface area contributed by atoms with Gasteiger partial charge in [-0.15, -0.1) is 0 Å². The van der Waals surface area contributed by atoms with Crippen LogP contribution in [0.1, 0.15) is 11.1 Å². The first-order chi connectivity index (χ1) is 7.90. The fraction of sp³-hybridized carbons (Fsp3) is 0.143. The molecule has 0 fully saturated rings. The third-order valence-corrected chi connectivity index (χ3v) is 2.74. The average molecular weight is 211 g/mol. The topological polar surface area (TPSA) is 21.3 Å². The van der Waals surface area contributed by atoms with Crippen molar-refractivity contribution >= 4 is 0 Å². The predicted octanol–water partition coefficient (Wildman–Crippen LogP) is 3.08. The van der Waals surface area contributed by atoms with Gasteiger partial charge in [-0.1, -0.05) is 24.3 Å². The first-order valence-electron chi connectivity index (χ1n) is 5.47. The van der Waals surface area contributed by atoms with Crippen LogP contribution in [0.4, 0.5) is 0 Å². The van der Waals surface area contributed by atoms with Gasteiger partial charge in [0.25, 0.3) is 0 Å². The summed E-state index contributed by atoms with van der Waals surface area (Å²) < 4.78 is 5.74. The highest BCUT2D eigenvalue weighted by Gasteiger charge is 2.01. The van der Waals surface area contributed by atoms with Crippen LogP contribution in [0, 0.1) is 0 Å². The van der Waals surface area contributed by atoms with Crippen molar-refractivity contribution in [3.8, 4) is 11.5 Å². The molecule has 0 spiro atoms. The van der Waals surface area contributed by atoms with Crippen LogP contribution < -0.4 is 10.1 Å². The lowest BCUT2D eigenvalue weighted by Gasteiger charge is -2.11. The molecule has 1 N–H and O–H groups in total. The summed E-state index contributed by atoms with van der Waals surface area (Å²) in [7, 11) is 0. The summed E-state index contributed by atoms with van der Waals surface area (Å²) in [5.74, 6) is 1.77. The van der Waals surface area contributed by atoms with Crippen molar-refractivity contribution in [1.82, 2.24) is 5.32 Å². The summed E-state index contributed by atoms with van der Waals surface area (Å²) in [6, 6.07) is 16.4. The monoisotopic (exact) mass is 211 g/mol. The molecule has 4 heterocycles. The van der Waals surface area contributed by atoms with E-state index in [4.69, 9.17) is 4.74 Å². The zero-order valence-electron chi connectivity index (χ0n) is 8.94. The van der Waals surface area contributed by atoms with Crippen LogP contribution in [0.3, 0.4) is 0 Å². The average Bonchev–Trinajstić information content (AvgIpc) is 2.30. The van der Waals surface area contributed by atoms with Crippen LogP contribution in [0.25, 0.3) is 0 Å². The Balaban J connectivity index is 2.01. The van der Waals surface area contributed by atoms with Crippen molar-refractivity contribution in [2.24, 2.45) is 0 Å². The Morgan fingerprint density at radius 1 is 0.688 bits per heavy atom. The number of hydrogen-bond donors (Lipinski definition) is 1. The molecule has 0 aliphatic carbocycles. The predicted molar refractivity (Wildman–Crippen MR) is 63.5 cm³/mol. The smallest absolute Gasteiger partial charge is 0.127 e. The molecule has 2 heteroatoms. The molecule has 16 heavy (non-hydrogen) atoms. The van der Waals surface area contributed by atoms with E-state index in [1.54, 1.807) is 0 Å². The van der Waals surface area contributed by atoms with E-state index in [2.05, 4.69) is 29.6 Å². The van der Waals surface area contributed by atoms with Gasteiger partial charge in [-0.3, -0.25) is 0 Å². The molecule has 0 atom stereocenters. The van der Waals surface area contributed by atoms with Crippen molar-refractivity contribution in [2.75, 3.05) is 0 Å². The number of benzene rings is 2. The standard InChI is InChI=1S/C14H13NO/c1-5-13-6-2-11(1)9-15-10-12-3-7-14(16-13)8-4-12/h1-8,15H,9-10H2. The third kappa shape index (κ3) is 1.92. The third-order valence-electron chi connectivity index (χ3n) is 2.74. The normalized spacial score (nSPS) is 14.0. The molecule has 0 unspecified atom stereocenters. The number of ether oxygens (including phenoxy) is 1. The minimum absolute atomic E-state index is 0.886. The highest BCUT2D eigenvalue weighted by molar-refractivity contribution is 5.35. The second-order valence-corrected chi connectivity index (χ2v) is 3.99. The first kappa shape index (κ1) is 9.43. The van der Waals surface area contributed by atoms with E-state index in [0.29, 0.717) is 0 Å². The van der Waals surface area contributed by atoms with E-state index in [-0.39, 0.29) is 0 Å². The molecule has 2 aromatic rings. The molecule has 0 saturated carbocycles. The van der Waals surface area contributed by atoms with Gasteiger partial charge in [0.1, 0.15) is 11.5 Å². The van der Waals surface area contributed by atoms with Crippen LogP contribution in [-0.2, 0) is 13.1 Å². The lowest BCUT2D eigenvalue weighted by atomic mass is 10.1. The van der Waals surface area contributed by atoms with E-state index >= 15 is 0 Å². The largest absolute Gasteiger partial charge is 0.457 e. The van der Waals surface area contributed by atoms with E-state index in [9.17, 15) is 0 Å². The van der Waals surface area contributed by atoms with E-state index < -0.39 is 0 Å². The second kappa shape index (κ2) is 3.99. The molecule has 6 rings (SSSR count). The zero-order valence-corrected chi connectivity index (χ0v) is 8.94. The first-order valence-corrected chi connectivity index (χ1v) is 5.47. The summed E-state index contributed by atoms with van der Waals surface area (Å²) in [6.07, 6.45) is 0. The van der Waals surface area contributed by atoms with Gasteiger partial charge in [0, 0.05) is 13.1 Å². The molecule has 2 aromatic carbocycles. The highest BCUT2D eigenvalue weighted by Crippen LogP contribution is 2.22. The highest BCUT2D eigenvalue weighted by atomic mass is 16.5. The molecular weight excluding hydrogens is 198 g/mol. The summed E-state index contributed by atoms with van der Waals surface area (Å²) >= 11 is 0. The molecule has 4 bridgehead atoms. The van der Waals surface area contributed by atoms with Crippen LogP contribution in [-0.4, -0.2) is 0 Å². The number of hydrogen-bond acceptors (Lipinski definition) is 2. The summed E-state index contributed by atoms with van der Waals surface area (Å²) in [4.78, 5) is 0.